The quantitative estimate of drug-likeness (QED) is 0.909. The molecule has 0 saturated carbocycles. The molecule has 22 heavy (non-hydrogen) atoms. The van der Waals surface area contributed by atoms with E-state index in [-0.39, 0.29) is 18.4 Å². The molecule has 5 heteroatoms. The second-order valence-electron chi connectivity index (χ2n) is 5.06. The van der Waals surface area contributed by atoms with E-state index < -0.39 is 0 Å². The van der Waals surface area contributed by atoms with Crippen molar-refractivity contribution in [2.45, 2.75) is 13.8 Å². The molecular weight excluding hydrogens is 300 g/mol. The van der Waals surface area contributed by atoms with Gasteiger partial charge in [0.25, 0.3) is 5.91 Å². The minimum Gasteiger partial charge on any atom is -0.343 e. The molecule has 0 aromatic heterocycles. The SMILES string of the molecule is Cc1ccc(C(=O)NCC(=O)Nc2ccc(Cl)cc2C)cc1. The lowest BCUT2D eigenvalue weighted by Crippen LogP contribution is -2.32. The van der Waals surface area contributed by atoms with E-state index >= 15 is 0 Å². The molecule has 0 unspecified atom stereocenters. The Bertz CT molecular complexity index is 696. The molecule has 0 saturated heterocycles. The van der Waals surface area contributed by atoms with E-state index in [9.17, 15) is 9.59 Å². The molecule has 2 N–H and O–H groups in total. The number of hydrogen-bond donors (Lipinski definition) is 2. The van der Waals surface area contributed by atoms with Gasteiger partial charge in [0.2, 0.25) is 5.91 Å². The van der Waals surface area contributed by atoms with Crippen molar-refractivity contribution in [1.29, 1.82) is 0 Å². The van der Waals surface area contributed by atoms with Crippen molar-refractivity contribution in [3.05, 3.63) is 64.2 Å². The fraction of sp³-hybridized carbons (Fsp3) is 0.176. The first kappa shape index (κ1) is 16.0. The largest absolute Gasteiger partial charge is 0.343 e. The zero-order valence-corrected chi connectivity index (χ0v) is 13.2. The standard InChI is InChI=1S/C17H17ClN2O2/c1-11-3-5-13(6-4-11)17(22)19-10-16(21)20-15-8-7-14(18)9-12(15)2/h3-9H,10H2,1-2H3,(H,19,22)(H,20,21). The number of aryl methyl sites for hydroxylation is 2. The number of rotatable bonds is 4. The summed E-state index contributed by atoms with van der Waals surface area (Å²) in [5.41, 5.74) is 3.15. The van der Waals surface area contributed by atoms with Gasteiger partial charge in [-0.05, 0) is 49.7 Å². The summed E-state index contributed by atoms with van der Waals surface area (Å²) >= 11 is 5.87. The third-order valence-electron chi connectivity index (χ3n) is 3.19. The molecule has 0 spiro atoms. The fourth-order valence-electron chi connectivity index (χ4n) is 1.93. The Morgan fingerprint density at radius 1 is 1.05 bits per heavy atom. The number of benzene rings is 2. The van der Waals surface area contributed by atoms with Gasteiger partial charge in [0.1, 0.15) is 0 Å². The van der Waals surface area contributed by atoms with Gasteiger partial charge in [0, 0.05) is 16.3 Å². The van der Waals surface area contributed by atoms with E-state index in [1.807, 2.05) is 26.0 Å². The topological polar surface area (TPSA) is 58.2 Å². The fourth-order valence-corrected chi connectivity index (χ4v) is 2.16. The van der Waals surface area contributed by atoms with E-state index in [0.29, 0.717) is 16.3 Å². The van der Waals surface area contributed by atoms with E-state index in [4.69, 9.17) is 11.6 Å². The molecule has 2 aromatic rings. The minimum absolute atomic E-state index is 0.0885. The zero-order chi connectivity index (χ0) is 16.1. The Balaban J connectivity index is 1.89. The summed E-state index contributed by atoms with van der Waals surface area (Å²) in [4.78, 5) is 23.8. The number of carbonyl (C=O) groups excluding carboxylic acids is 2. The van der Waals surface area contributed by atoms with E-state index in [0.717, 1.165) is 11.1 Å². The van der Waals surface area contributed by atoms with Crippen LogP contribution in [0, 0.1) is 13.8 Å². The molecule has 0 aliphatic carbocycles. The lowest BCUT2D eigenvalue weighted by molar-refractivity contribution is -0.115. The highest BCUT2D eigenvalue weighted by Crippen LogP contribution is 2.19. The highest BCUT2D eigenvalue weighted by atomic mass is 35.5. The lowest BCUT2D eigenvalue weighted by atomic mass is 10.1. The van der Waals surface area contributed by atoms with Crippen LogP contribution in [0.5, 0.6) is 0 Å². The van der Waals surface area contributed by atoms with Gasteiger partial charge in [-0.1, -0.05) is 29.3 Å². The first-order valence-electron chi connectivity index (χ1n) is 6.86. The van der Waals surface area contributed by atoms with Gasteiger partial charge in [-0.15, -0.1) is 0 Å². The van der Waals surface area contributed by atoms with Crippen LogP contribution < -0.4 is 10.6 Å². The van der Waals surface area contributed by atoms with Crippen LogP contribution in [0.15, 0.2) is 42.5 Å². The molecule has 0 radical (unpaired) electrons. The Labute approximate surface area is 134 Å². The summed E-state index contributed by atoms with van der Waals surface area (Å²) < 4.78 is 0. The number of amides is 2. The van der Waals surface area contributed by atoms with Gasteiger partial charge in [0.05, 0.1) is 6.54 Å². The maximum Gasteiger partial charge on any atom is 0.251 e. The van der Waals surface area contributed by atoms with Crippen molar-refractivity contribution in [1.82, 2.24) is 5.32 Å². The first-order chi connectivity index (χ1) is 10.5. The number of anilines is 1. The minimum atomic E-state index is -0.286. The monoisotopic (exact) mass is 316 g/mol. The van der Waals surface area contributed by atoms with Crippen molar-refractivity contribution >= 4 is 29.1 Å². The van der Waals surface area contributed by atoms with Crippen LogP contribution in [0.3, 0.4) is 0 Å². The molecule has 0 heterocycles. The highest BCUT2D eigenvalue weighted by Gasteiger charge is 2.09. The summed E-state index contributed by atoms with van der Waals surface area (Å²) in [6, 6.07) is 12.4. The first-order valence-corrected chi connectivity index (χ1v) is 7.24. The number of nitrogens with one attached hydrogen (secondary N) is 2. The van der Waals surface area contributed by atoms with E-state index in [2.05, 4.69) is 10.6 Å². The van der Waals surface area contributed by atoms with Crippen LogP contribution in [0.2, 0.25) is 5.02 Å². The average molecular weight is 317 g/mol. The smallest absolute Gasteiger partial charge is 0.251 e. The van der Waals surface area contributed by atoms with Gasteiger partial charge < -0.3 is 10.6 Å². The highest BCUT2D eigenvalue weighted by molar-refractivity contribution is 6.30. The summed E-state index contributed by atoms with van der Waals surface area (Å²) in [6.07, 6.45) is 0. The van der Waals surface area contributed by atoms with E-state index in [1.54, 1.807) is 30.3 Å². The summed E-state index contributed by atoms with van der Waals surface area (Å²) in [5, 5.41) is 5.95. The van der Waals surface area contributed by atoms with Gasteiger partial charge in [-0.3, -0.25) is 9.59 Å². The third kappa shape index (κ3) is 4.33. The van der Waals surface area contributed by atoms with E-state index in [1.165, 1.54) is 0 Å². The van der Waals surface area contributed by atoms with Crippen LogP contribution in [0.1, 0.15) is 21.5 Å². The normalized spacial score (nSPS) is 10.1. The van der Waals surface area contributed by atoms with Gasteiger partial charge in [-0.2, -0.15) is 0 Å². The number of halogens is 1. The lowest BCUT2D eigenvalue weighted by Gasteiger charge is -2.09. The van der Waals surface area contributed by atoms with Crippen molar-refractivity contribution in [3.63, 3.8) is 0 Å². The Hall–Kier alpha value is -2.33. The molecule has 2 rings (SSSR count). The Morgan fingerprint density at radius 2 is 1.73 bits per heavy atom. The molecule has 114 valence electrons. The predicted molar refractivity (Wildman–Crippen MR) is 88.3 cm³/mol. The Morgan fingerprint density at radius 3 is 2.36 bits per heavy atom. The number of hydrogen-bond acceptors (Lipinski definition) is 2. The van der Waals surface area contributed by atoms with Crippen LogP contribution in [-0.2, 0) is 4.79 Å². The van der Waals surface area contributed by atoms with Crippen molar-refractivity contribution in [2.75, 3.05) is 11.9 Å². The van der Waals surface area contributed by atoms with Crippen LogP contribution in [-0.4, -0.2) is 18.4 Å². The van der Waals surface area contributed by atoms with Crippen LogP contribution >= 0.6 is 11.6 Å². The maximum absolute atomic E-state index is 11.9. The molecule has 0 fully saturated rings. The zero-order valence-electron chi connectivity index (χ0n) is 12.4. The van der Waals surface area contributed by atoms with Crippen molar-refractivity contribution < 1.29 is 9.59 Å². The summed E-state index contributed by atoms with van der Waals surface area (Å²) in [6.45, 7) is 3.71. The summed E-state index contributed by atoms with van der Waals surface area (Å²) in [7, 11) is 0. The van der Waals surface area contributed by atoms with Gasteiger partial charge >= 0.3 is 0 Å². The molecule has 0 aliphatic rings. The molecular formula is C17H17ClN2O2. The van der Waals surface area contributed by atoms with Gasteiger partial charge in [0.15, 0.2) is 0 Å². The van der Waals surface area contributed by atoms with Crippen LogP contribution in [0.25, 0.3) is 0 Å². The third-order valence-corrected chi connectivity index (χ3v) is 3.42. The van der Waals surface area contributed by atoms with Crippen molar-refractivity contribution in [2.24, 2.45) is 0 Å². The molecule has 2 aromatic carbocycles. The molecule has 0 bridgehead atoms. The Kier molecular flexibility index (Phi) is 5.17. The molecule has 2 amide bonds. The second kappa shape index (κ2) is 7.09. The molecule has 0 aliphatic heterocycles. The number of carbonyl (C=O) groups is 2. The average Bonchev–Trinajstić information content (AvgIpc) is 2.48. The molecule has 4 nitrogen and oxygen atoms in total. The maximum atomic E-state index is 11.9. The van der Waals surface area contributed by atoms with Gasteiger partial charge in [-0.25, -0.2) is 0 Å². The van der Waals surface area contributed by atoms with Crippen molar-refractivity contribution in [3.8, 4) is 0 Å². The predicted octanol–water partition coefficient (Wildman–Crippen LogP) is 3.33. The molecule has 0 atom stereocenters. The summed E-state index contributed by atoms with van der Waals surface area (Å²) in [5.74, 6) is -0.561. The second-order valence-corrected chi connectivity index (χ2v) is 5.49. The van der Waals surface area contributed by atoms with Crippen LogP contribution in [0.4, 0.5) is 5.69 Å².